The van der Waals surface area contributed by atoms with Gasteiger partial charge < -0.3 is 14.2 Å². The minimum atomic E-state index is -3.60. The first-order valence-corrected chi connectivity index (χ1v) is 10.6. The van der Waals surface area contributed by atoms with Crippen molar-refractivity contribution in [2.45, 2.75) is 11.3 Å². The van der Waals surface area contributed by atoms with Crippen LogP contribution < -0.4 is 4.74 Å². The van der Waals surface area contributed by atoms with Crippen LogP contribution in [0.2, 0.25) is 0 Å². The first kappa shape index (κ1) is 21.2. The number of carbonyl (C=O) groups excluding carboxylic acids is 1. The number of sulfonamides is 1. The number of ether oxygens (including phenoxy) is 3. The molecule has 1 aliphatic heterocycles. The summed E-state index contributed by atoms with van der Waals surface area (Å²) < 4.78 is 55.1. The van der Waals surface area contributed by atoms with Crippen molar-refractivity contribution in [3.8, 4) is 5.75 Å². The summed E-state index contributed by atoms with van der Waals surface area (Å²) >= 11 is 0. The van der Waals surface area contributed by atoms with Gasteiger partial charge in [0.1, 0.15) is 11.6 Å². The first-order valence-electron chi connectivity index (χ1n) is 9.20. The topological polar surface area (TPSA) is 82.1 Å². The summed E-state index contributed by atoms with van der Waals surface area (Å²) in [5, 5.41) is 0. The lowest BCUT2D eigenvalue weighted by molar-refractivity contribution is 0.0486. The highest BCUT2D eigenvalue weighted by Gasteiger charge is 2.26. The van der Waals surface area contributed by atoms with E-state index in [0.29, 0.717) is 45.1 Å². The van der Waals surface area contributed by atoms with Gasteiger partial charge in [0.25, 0.3) is 0 Å². The smallest absolute Gasteiger partial charge is 0.338 e. The highest BCUT2D eigenvalue weighted by atomic mass is 32.2. The fourth-order valence-corrected chi connectivity index (χ4v) is 4.13. The molecular weight excluding hydrogens is 401 g/mol. The van der Waals surface area contributed by atoms with Gasteiger partial charge in [0.2, 0.25) is 10.0 Å². The second-order valence-corrected chi connectivity index (χ2v) is 8.27. The van der Waals surface area contributed by atoms with Crippen molar-refractivity contribution in [1.29, 1.82) is 0 Å². The lowest BCUT2D eigenvalue weighted by atomic mass is 10.2. The van der Waals surface area contributed by atoms with Crippen molar-refractivity contribution in [1.82, 2.24) is 4.31 Å². The molecule has 0 aliphatic carbocycles. The lowest BCUT2D eigenvalue weighted by Gasteiger charge is -2.26. The molecule has 0 spiro atoms. The Labute approximate surface area is 169 Å². The number of morpholine rings is 1. The number of benzene rings is 2. The molecule has 0 amide bonds. The van der Waals surface area contributed by atoms with Crippen LogP contribution in [0.5, 0.6) is 5.75 Å². The summed E-state index contributed by atoms with van der Waals surface area (Å²) in [6.07, 6.45) is 0.465. The van der Waals surface area contributed by atoms with Crippen molar-refractivity contribution in [2.75, 3.05) is 39.5 Å². The fraction of sp³-hybridized carbons (Fsp3) is 0.350. The third kappa shape index (κ3) is 5.75. The van der Waals surface area contributed by atoms with Crippen LogP contribution in [0.4, 0.5) is 4.39 Å². The maximum absolute atomic E-state index is 12.8. The van der Waals surface area contributed by atoms with E-state index in [1.807, 2.05) is 0 Å². The summed E-state index contributed by atoms with van der Waals surface area (Å²) in [5.74, 6) is -0.341. The minimum absolute atomic E-state index is 0.128. The Morgan fingerprint density at radius 2 is 1.66 bits per heavy atom. The van der Waals surface area contributed by atoms with Crippen LogP contribution in [0.15, 0.2) is 53.4 Å². The maximum atomic E-state index is 12.8. The van der Waals surface area contributed by atoms with Gasteiger partial charge in [-0.1, -0.05) is 0 Å². The largest absolute Gasteiger partial charge is 0.493 e. The summed E-state index contributed by atoms with van der Waals surface area (Å²) in [5.41, 5.74) is 0.269. The minimum Gasteiger partial charge on any atom is -0.493 e. The van der Waals surface area contributed by atoms with Gasteiger partial charge in [-0.25, -0.2) is 17.6 Å². The molecule has 156 valence electrons. The summed E-state index contributed by atoms with van der Waals surface area (Å²) in [4.78, 5) is 12.2. The average Bonchev–Trinajstić information content (AvgIpc) is 2.75. The molecule has 9 heteroatoms. The molecule has 7 nitrogen and oxygen atoms in total. The molecule has 3 rings (SSSR count). The maximum Gasteiger partial charge on any atom is 0.338 e. The monoisotopic (exact) mass is 423 g/mol. The summed E-state index contributed by atoms with van der Waals surface area (Å²) in [6, 6.07) is 11.3. The van der Waals surface area contributed by atoms with Crippen molar-refractivity contribution in [3.05, 3.63) is 59.9 Å². The van der Waals surface area contributed by atoms with Crippen LogP contribution in [-0.2, 0) is 19.5 Å². The quantitative estimate of drug-likeness (QED) is 0.479. The Bertz CT molecular complexity index is 909. The van der Waals surface area contributed by atoms with Gasteiger partial charge in [-0.05, 0) is 48.5 Å². The molecular formula is C20H22FNO6S. The van der Waals surface area contributed by atoms with Crippen LogP contribution in [0.1, 0.15) is 16.8 Å². The number of carbonyl (C=O) groups is 1. The number of hydrogen-bond donors (Lipinski definition) is 0. The second kappa shape index (κ2) is 9.82. The number of halogens is 1. The van der Waals surface area contributed by atoms with E-state index in [1.165, 1.54) is 52.8 Å². The molecule has 0 aromatic heterocycles. The van der Waals surface area contributed by atoms with Gasteiger partial charge in [0.05, 0.1) is 36.9 Å². The van der Waals surface area contributed by atoms with E-state index >= 15 is 0 Å². The molecule has 2 aromatic rings. The van der Waals surface area contributed by atoms with Crippen molar-refractivity contribution < 1.29 is 31.8 Å². The normalized spacial score (nSPS) is 15.1. The molecule has 1 aliphatic rings. The van der Waals surface area contributed by atoms with Gasteiger partial charge in [-0.15, -0.1) is 0 Å². The highest BCUT2D eigenvalue weighted by Crippen LogP contribution is 2.18. The summed E-state index contributed by atoms with van der Waals surface area (Å²) in [7, 11) is -3.60. The molecule has 0 saturated carbocycles. The van der Waals surface area contributed by atoms with Crippen LogP contribution in [0.3, 0.4) is 0 Å². The van der Waals surface area contributed by atoms with Crippen molar-refractivity contribution in [3.63, 3.8) is 0 Å². The zero-order valence-electron chi connectivity index (χ0n) is 15.8. The fourth-order valence-electron chi connectivity index (χ4n) is 2.73. The number of hydrogen-bond acceptors (Lipinski definition) is 6. The van der Waals surface area contributed by atoms with Crippen LogP contribution in [-0.4, -0.2) is 58.2 Å². The average molecular weight is 423 g/mol. The molecule has 0 unspecified atom stereocenters. The third-order valence-corrected chi connectivity index (χ3v) is 6.21. The molecule has 1 saturated heterocycles. The van der Waals surface area contributed by atoms with E-state index < -0.39 is 16.0 Å². The van der Waals surface area contributed by atoms with E-state index in [4.69, 9.17) is 14.2 Å². The lowest BCUT2D eigenvalue weighted by Crippen LogP contribution is -2.40. The SMILES string of the molecule is O=C(OCCCOc1ccc(F)cc1)c1ccc(S(=O)(=O)N2CCOCC2)cc1. The Morgan fingerprint density at radius 1 is 1.00 bits per heavy atom. The Kier molecular flexibility index (Phi) is 7.18. The number of rotatable bonds is 8. The zero-order valence-corrected chi connectivity index (χ0v) is 16.6. The van der Waals surface area contributed by atoms with Crippen molar-refractivity contribution in [2.24, 2.45) is 0 Å². The Balaban J connectivity index is 1.45. The highest BCUT2D eigenvalue weighted by molar-refractivity contribution is 7.89. The van der Waals surface area contributed by atoms with Gasteiger partial charge in [0.15, 0.2) is 0 Å². The van der Waals surface area contributed by atoms with Gasteiger partial charge in [-0.3, -0.25) is 0 Å². The number of nitrogens with zero attached hydrogens (tertiary/aromatic N) is 1. The predicted molar refractivity (Wildman–Crippen MR) is 103 cm³/mol. The van der Waals surface area contributed by atoms with Gasteiger partial charge in [0, 0.05) is 19.5 Å². The second-order valence-electron chi connectivity index (χ2n) is 6.33. The third-order valence-electron chi connectivity index (χ3n) is 4.30. The van der Waals surface area contributed by atoms with Gasteiger partial charge in [-0.2, -0.15) is 4.31 Å². The van der Waals surface area contributed by atoms with Crippen LogP contribution in [0.25, 0.3) is 0 Å². The standard InChI is InChI=1S/C20H22FNO6S/c21-17-4-6-18(7-5-17)27-12-1-13-28-20(23)16-2-8-19(9-3-16)29(24,25)22-10-14-26-15-11-22/h2-9H,1,10-15H2. The van der Waals surface area contributed by atoms with E-state index in [0.717, 1.165) is 0 Å². The van der Waals surface area contributed by atoms with Crippen molar-refractivity contribution >= 4 is 16.0 Å². The van der Waals surface area contributed by atoms with E-state index in [2.05, 4.69) is 0 Å². The molecule has 0 bridgehead atoms. The predicted octanol–water partition coefficient (Wildman–Crippen LogP) is 2.47. The Hall–Kier alpha value is -2.49. The zero-order chi connectivity index (χ0) is 20.7. The molecule has 1 heterocycles. The van der Waals surface area contributed by atoms with E-state index in [9.17, 15) is 17.6 Å². The Morgan fingerprint density at radius 3 is 2.31 bits per heavy atom. The molecule has 29 heavy (non-hydrogen) atoms. The molecule has 0 radical (unpaired) electrons. The van der Waals surface area contributed by atoms with Crippen LogP contribution in [0, 0.1) is 5.82 Å². The molecule has 0 atom stereocenters. The number of esters is 1. The summed E-state index contributed by atoms with van der Waals surface area (Å²) in [6.45, 7) is 1.82. The van der Waals surface area contributed by atoms with E-state index in [-0.39, 0.29) is 22.9 Å². The molecule has 0 N–H and O–H groups in total. The van der Waals surface area contributed by atoms with Gasteiger partial charge >= 0.3 is 5.97 Å². The molecule has 1 fully saturated rings. The van der Waals surface area contributed by atoms with E-state index in [1.54, 1.807) is 0 Å². The molecule has 2 aromatic carbocycles. The van der Waals surface area contributed by atoms with Crippen LogP contribution >= 0.6 is 0 Å². The first-order chi connectivity index (χ1) is 14.0.